The van der Waals surface area contributed by atoms with Gasteiger partial charge < -0.3 is 10.1 Å². The van der Waals surface area contributed by atoms with E-state index in [1.807, 2.05) is 19.1 Å². The summed E-state index contributed by atoms with van der Waals surface area (Å²) in [6, 6.07) is 9.87. The molecule has 0 aliphatic carbocycles. The van der Waals surface area contributed by atoms with E-state index in [4.69, 9.17) is 4.74 Å². The number of anilines is 1. The summed E-state index contributed by atoms with van der Waals surface area (Å²) in [6.45, 7) is 1.50. The monoisotopic (exact) mass is 319 g/mol. The molecule has 0 unspecified atom stereocenters. The highest BCUT2D eigenvalue weighted by atomic mass is 19.2. The zero-order valence-corrected chi connectivity index (χ0v) is 12.4. The molecule has 0 radical (unpaired) electrons. The summed E-state index contributed by atoms with van der Waals surface area (Å²) in [5.41, 5.74) is 1.55. The molecule has 0 aromatic heterocycles. The Hall–Kier alpha value is -2.76. The van der Waals surface area contributed by atoms with E-state index in [0.717, 1.165) is 30.2 Å². The zero-order chi connectivity index (χ0) is 16.8. The van der Waals surface area contributed by atoms with E-state index in [1.165, 1.54) is 0 Å². The Balaban J connectivity index is 1.87. The van der Waals surface area contributed by atoms with E-state index in [9.17, 15) is 18.4 Å². The highest BCUT2D eigenvalue weighted by molar-refractivity contribution is 5.95. The van der Waals surface area contributed by atoms with Gasteiger partial charge in [0, 0.05) is 5.69 Å². The van der Waals surface area contributed by atoms with Crippen molar-refractivity contribution in [2.24, 2.45) is 0 Å². The third-order valence-corrected chi connectivity index (χ3v) is 3.14. The Morgan fingerprint density at radius 1 is 1.04 bits per heavy atom. The minimum atomic E-state index is -1.15. The summed E-state index contributed by atoms with van der Waals surface area (Å²) < 4.78 is 30.6. The van der Waals surface area contributed by atoms with Crippen molar-refractivity contribution in [2.75, 3.05) is 11.9 Å². The molecule has 1 amide bonds. The van der Waals surface area contributed by atoms with Crippen molar-refractivity contribution >= 4 is 17.6 Å². The second-order valence-corrected chi connectivity index (χ2v) is 4.80. The molecule has 2 rings (SSSR count). The first-order valence-corrected chi connectivity index (χ1v) is 7.00. The first-order valence-electron chi connectivity index (χ1n) is 7.00. The molecule has 0 saturated heterocycles. The van der Waals surface area contributed by atoms with Crippen LogP contribution in [0.25, 0.3) is 0 Å². The number of aryl methyl sites for hydroxylation is 1. The van der Waals surface area contributed by atoms with Crippen LogP contribution >= 0.6 is 0 Å². The third kappa shape index (κ3) is 4.60. The number of hydrogen-bond acceptors (Lipinski definition) is 3. The number of rotatable bonds is 5. The van der Waals surface area contributed by atoms with Crippen LogP contribution in [0, 0.1) is 11.6 Å². The summed E-state index contributed by atoms with van der Waals surface area (Å²) in [5.74, 6) is -3.64. The first-order chi connectivity index (χ1) is 11.0. The van der Waals surface area contributed by atoms with Crippen LogP contribution < -0.4 is 5.32 Å². The van der Waals surface area contributed by atoms with Crippen molar-refractivity contribution in [1.82, 2.24) is 0 Å². The van der Waals surface area contributed by atoms with Gasteiger partial charge >= 0.3 is 5.97 Å². The van der Waals surface area contributed by atoms with E-state index >= 15 is 0 Å². The molecule has 0 atom stereocenters. The summed E-state index contributed by atoms with van der Waals surface area (Å²) in [6.07, 6.45) is 0.889. The molecular formula is C17H15F2NO3. The Labute approximate surface area is 132 Å². The van der Waals surface area contributed by atoms with Crippen LogP contribution in [0.4, 0.5) is 14.5 Å². The third-order valence-electron chi connectivity index (χ3n) is 3.14. The van der Waals surface area contributed by atoms with Gasteiger partial charge in [0.05, 0.1) is 5.56 Å². The van der Waals surface area contributed by atoms with Gasteiger partial charge in [0.15, 0.2) is 18.2 Å². The number of esters is 1. The van der Waals surface area contributed by atoms with Crippen LogP contribution in [0.1, 0.15) is 22.8 Å². The molecule has 23 heavy (non-hydrogen) atoms. The van der Waals surface area contributed by atoms with E-state index in [-0.39, 0.29) is 5.56 Å². The molecule has 0 bridgehead atoms. The maximum atomic E-state index is 13.0. The van der Waals surface area contributed by atoms with Crippen molar-refractivity contribution in [3.63, 3.8) is 0 Å². The van der Waals surface area contributed by atoms with Crippen LogP contribution in [-0.4, -0.2) is 18.5 Å². The molecule has 120 valence electrons. The zero-order valence-electron chi connectivity index (χ0n) is 12.4. The second kappa shape index (κ2) is 7.49. The van der Waals surface area contributed by atoms with Crippen LogP contribution in [-0.2, 0) is 16.0 Å². The molecule has 1 N–H and O–H groups in total. The number of ether oxygens (including phenoxy) is 1. The minimum Gasteiger partial charge on any atom is -0.452 e. The summed E-state index contributed by atoms with van der Waals surface area (Å²) in [5, 5.41) is 2.57. The largest absolute Gasteiger partial charge is 0.452 e. The average molecular weight is 319 g/mol. The van der Waals surface area contributed by atoms with Gasteiger partial charge in [-0.2, -0.15) is 0 Å². The molecule has 0 aliphatic heterocycles. The smallest absolute Gasteiger partial charge is 0.338 e. The quantitative estimate of drug-likeness (QED) is 0.860. The number of carbonyl (C=O) groups excluding carboxylic acids is 2. The number of carbonyl (C=O) groups is 2. The number of hydrogen-bond donors (Lipinski definition) is 1. The normalized spacial score (nSPS) is 10.2. The molecule has 0 spiro atoms. The van der Waals surface area contributed by atoms with Gasteiger partial charge in [0.1, 0.15) is 0 Å². The molecule has 0 heterocycles. The predicted molar refractivity (Wildman–Crippen MR) is 81.1 cm³/mol. The second-order valence-electron chi connectivity index (χ2n) is 4.80. The van der Waals surface area contributed by atoms with Crippen molar-refractivity contribution in [2.45, 2.75) is 13.3 Å². The average Bonchev–Trinajstić information content (AvgIpc) is 2.56. The summed E-state index contributed by atoms with van der Waals surface area (Å²) in [7, 11) is 0. The molecule has 0 fully saturated rings. The van der Waals surface area contributed by atoms with Gasteiger partial charge in [-0.15, -0.1) is 0 Å². The molecule has 4 nitrogen and oxygen atoms in total. The van der Waals surface area contributed by atoms with Crippen LogP contribution in [0.5, 0.6) is 0 Å². The van der Waals surface area contributed by atoms with Gasteiger partial charge in [0.25, 0.3) is 5.91 Å². The van der Waals surface area contributed by atoms with Crippen molar-refractivity contribution in [3.05, 3.63) is 65.2 Å². The standard InChI is InChI=1S/C17H15F2NO3/c1-2-11-3-6-13(7-4-11)20-16(21)10-23-17(22)12-5-8-14(18)15(19)9-12/h3-9H,2,10H2,1H3,(H,20,21). The first kappa shape index (κ1) is 16.6. The fourth-order valence-electron chi connectivity index (χ4n) is 1.86. The summed E-state index contributed by atoms with van der Waals surface area (Å²) >= 11 is 0. The van der Waals surface area contributed by atoms with Crippen molar-refractivity contribution in [1.29, 1.82) is 0 Å². The lowest BCUT2D eigenvalue weighted by Gasteiger charge is -2.07. The van der Waals surface area contributed by atoms with Crippen molar-refractivity contribution in [3.8, 4) is 0 Å². The molecule has 6 heteroatoms. The maximum Gasteiger partial charge on any atom is 0.338 e. The fraction of sp³-hybridized carbons (Fsp3) is 0.176. The lowest BCUT2D eigenvalue weighted by atomic mass is 10.1. The van der Waals surface area contributed by atoms with Crippen LogP contribution in [0.3, 0.4) is 0 Å². The predicted octanol–water partition coefficient (Wildman–Crippen LogP) is 3.32. The van der Waals surface area contributed by atoms with Crippen LogP contribution in [0.15, 0.2) is 42.5 Å². The number of halogens is 2. The Morgan fingerprint density at radius 3 is 2.35 bits per heavy atom. The lowest BCUT2D eigenvalue weighted by Crippen LogP contribution is -2.21. The number of amides is 1. The Kier molecular flexibility index (Phi) is 5.41. The van der Waals surface area contributed by atoms with E-state index in [2.05, 4.69) is 5.32 Å². The molecule has 2 aromatic carbocycles. The number of benzene rings is 2. The van der Waals surface area contributed by atoms with Gasteiger partial charge in [0.2, 0.25) is 0 Å². The fourth-order valence-corrected chi connectivity index (χ4v) is 1.86. The minimum absolute atomic E-state index is 0.163. The summed E-state index contributed by atoms with van der Waals surface area (Å²) in [4.78, 5) is 23.4. The van der Waals surface area contributed by atoms with Gasteiger partial charge in [-0.25, -0.2) is 13.6 Å². The topological polar surface area (TPSA) is 55.4 Å². The van der Waals surface area contributed by atoms with Gasteiger partial charge in [-0.3, -0.25) is 4.79 Å². The Morgan fingerprint density at radius 2 is 1.74 bits per heavy atom. The molecular weight excluding hydrogens is 304 g/mol. The van der Waals surface area contributed by atoms with E-state index in [1.54, 1.807) is 12.1 Å². The van der Waals surface area contributed by atoms with E-state index in [0.29, 0.717) is 5.69 Å². The highest BCUT2D eigenvalue weighted by Gasteiger charge is 2.13. The Bertz CT molecular complexity index is 714. The van der Waals surface area contributed by atoms with Gasteiger partial charge in [-0.05, 0) is 42.3 Å². The molecule has 0 aliphatic rings. The lowest BCUT2D eigenvalue weighted by molar-refractivity contribution is -0.119. The highest BCUT2D eigenvalue weighted by Crippen LogP contribution is 2.11. The SMILES string of the molecule is CCc1ccc(NC(=O)COC(=O)c2ccc(F)c(F)c2)cc1. The van der Waals surface area contributed by atoms with Gasteiger partial charge in [-0.1, -0.05) is 19.1 Å². The molecule has 0 saturated carbocycles. The van der Waals surface area contributed by atoms with E-state index < -0.39 is 30.1 Å². The molecule has 2 aromatic rings. The maximum absolute atomic E-state index is 13.0. The number of nitrogens with one attached hydrogen (secondary N) is 1. The van der Waals surface area contributed by atoms with Crippen LogP contribution in [0.2, 0.25) is 0 Å². The van der Waals surface area contributed by atoms with Crippen molar-refractivity contribution < 1.29 is 23.1 Å².